The van der Waals surface area contributed by atoms with Crippen molar-refractivity contribution in [1.82, 2.24) is 15.0 Å². The number of carboxylic acids is 1. The Kier molecular flexibility index (Phi) is 6.06. The molecule has 1 heterocycles. The van der Waals surface area contributed by atoms with Crippen molar-refractivity contribution < 1.29 is 9.90 Å². The molecule has 0 saturated heterocycles. The minimum absolute atomic E-state index is 0.198. The van der Waals surface area contributed by atoms with Crippen LogP contribution in [0, 0.1) is 0 Å². The SMILES string of the molecule is CCSc1nc(NCC(=O)O)nc(SCC)n1. The molecule has 0 amide bonds. The summed E-state index contributed by atoms with van der Waals surface area (Å²) in [5, 5.41) is 12.5. The number of thioether (sulfide) groups is 2. The van der Waals surface area contributed by atoms with Crippen LogP contribution in [0.3, 0.4) is 0 Å². The standard InChI is InChI=1S/C9H14N4O2S2/c1-3-16-8-11-7(10-5-6(14)15)12-9(13-8)17-4-2/h3-5H2,1-2H3,(H,14,15)(H,10,11,12,13). The maximum atomic E-state index is 10.4. The van der Waals surface area contributed by atoms with Crippen molar-refractivity contribution in [3.05, 3.63) is 0 Å². The van der Waals surface area contributed by atoms with Gasteiger partial charge in [-0.2, -0.15) is 15.0 Å². The van der Waals surface area contributed by atoms with Crippen LogP contribution in [-0.2, 0) is 4.79 Å². The number of carboxylic acid groups (broad SMARTS) is 1. The van der Waals surface area contributed by atoms with E-state index in [4.69, 9.17) is 5.11 Å². The van der Waals surface area contributed by atoms with Gasteiger partial charge in [0.2, 0.25) is 5.95 Å². The van der Waals surface area contributed by atoms with Crippen molar-refractivity contribution in [3.8, 4) is 0 Å². The van der Waals surface area contributed by atoms with E-state index in [9.17, 15) is 4.79 Å². The molecule has 0 bridgehead atoms. The number of aromatic nitrogens is 3. The maximum Gasteiger partial charge on any atom is 0.322 e. The number of hydrogen-bond acceptors (Lipinski definition) is 7. The maximum absolute atomic E-state index is 10.4. The molecule has 0 unspecified atom stereocenters. The Morgan fingerprint density at radius 2 is 1.71 bits per heavy atom. The number of anilines is 1. The van der Waals surface area contributed by atoms with Crippen LogP contribution in [0.5, 0.6) is 0 Å². The van der Waals surface area contributed by atoms with Gasteiger partial charge in [0.05, 0.1) is 0 Å². The second kappa shape index (κ2) is 7.33. The minimum Gasteiger partial charge on any atom is -0.480 e. The lowest BCUT2D eigenvalue weighted by Crippen LogP contribution is -2.15. The van der Waals surface area contributed by atoms with E-state index >= 15 is 0 Å². The highest BCUT2D eigenvalue weighted by Gasteiger charge is 2.07. The van der Waals surface area contributed by atoms with Gasteiger partial charge in [-0.25, -0.2) is 0 Å². The largest absolute Gasteiger partial charge is 0.480 e. The first-order chi connectivity index (χ1) is 8.15. The molecule has 0 fully saturated rings. The van der Waals surface area contributed by atoms with Crippen LogP contribution in [0.1, 0.15) is 13.8 Å². The first kappa shape index (κ1) is 14.0. The van der Waals surface area contributed by atoms with Gasteiger partial charge in [-0.3, -0.25) is 4.79 Å². The zero-order valence-electron chi connectivity index (χ0n) is 9.63. The Balaban J connectivity index is 2.82. The Morgan fingerprint density at radius 1 is 1.18 bits per heavy atom. The average molecular weight is 274 g/mol. The fourth-order valence-electron chi connectivity index (χ4n) is 0.959. The molecule has 6 nitrogen and oxygen atoms in total. The van der Waals surface area contributed by atoms with Gasteiger partial charge in [0, 0.05) is 0 Å². The normalized spacial score (nSPS) is 10.2. The summed E-state index contributed by atoms with van der Waals surface area (Å²) in [6.45, 7) is 3.81. The van der Waals surface area contributed by atoms with E-state index in [-0.39, 0.29) is 6.54 Å². The third-order valence-electron chi connectivity index (χ3n) is 1.54. The summed E-state index contributed by atoms with van der Waals surface area (Å²) in [6.07, 6.45) is 0. The third-order valence-corrected chi connectivity index (χ3v) is 3.00. The Morgan fingerprint density at radius 3 is 2.12 bits per heavy atom. The highest BCUT2D eigenvalue weighted by atomic mass is 32.2. The van der Waals surface area contributed by atoms with Crippen LogP contribution >= 0.6 is 23.5 Å². The topological polar surface area (TPSA) is 88.0 Å². The van der Waals surface area contributed by atoms with Crippen LogP contribution < -0.4 is 5.32 Å². The quantitative estimate of drug-likeness (QED) is 0.725. The number of hydrogen-bond donors (Lipinski definition) is 2. The molecule has 0 atom stereocenters. The molecule has 0 aromatic carbocycles. The monoisotopic (exact) mass is 274 g/mol. The number of rotatable bonds is 7. The predicted molar refractivity (Wildman–Crippen MR) is 68.7 cm³/mol. The summed E-state index contributed by atoms with van der Waals surface area (Å²) in [6, 6.07) is 0. The number of aliphatic carboxylic acids is 1. The van der Waals surface area contributed by atoms with Crippen molar-refractivity contribution in [2.24, 2.45) is 0 Å². The zero-order chi connectivity index (χ0) is 12.7. The lowest BCUT2D eigenvalue weighted by Gasteiger charge is -2.05. The fraction of sp³-hybridized carbons (Fsp3) is 0.556. The van der Waals surface area contributed by atoms with Gasteiger partial charge in [0.25, 0.3) is 0 Å². The second-order valence-electron chi connectivity index (χ2n) is 2.84. The lowest BCUT2D eigenvalue weighted by atomic mass is 10.6. The second-order valence-corrected chi connectivity index (χ2v) is 5.30. The highest BCUT2D eigenvalue weighted by molar-refractivity contribution is 7.99. The molecular formula is C9H14N4O2S2. The molecule has 0 saturated carbocycles. The Bertz CT molecular complexity index is 365. The molecule has 0 aliphatic carbocycles. The van der Waals surface area contributed by atoms with Crippen LogP contribution in [0.4, 0.5) is 5.95 Å². The average Bonchev–Trinajstić information content (AvgIpc) is 2.27. The summed E-state index contributed by atoms with van der Waals surface area (Å²) in [5.41, 5.74) is 0. The zero-order valence-corrected chi connectivity index (χ0v) is 11.3. The molecule has 2 N–H and O–H groups in total. The van der Waals surface area contributed by atoms with Gasteiger partial charge in [-0.1, -0.05) is 37.4 Å². The van der Waals surface area contributed by atoms with Gasteiger partial charge >= 0.3 is 5.97 Å². The van der Waals surface area contributed by atoms with E-state index in [0.29, 0.717) is 16.3 Å². The summed E-state index contributed by atoms with van der Waals surface area (Å²) in [5.74, 6) is 1.09. The van der Waals surface area contributed by atoms with E-state index < -0.39 is 5.97 Å². The van der Waals surface area contributed by atoms with Gasteiger partial charge in [-0.05, 0) is 11.5 Å². The van der Waals surface area contributed by atoms with Crippen molar-refractivity contribution in [2.45, 2.75) is 24.2 Å². The highest BCUT2D eigenvalue weighted by Crippen LogP contribution is 2.19. The minimum atomic E-state index is -0.945. The predicted octanol–water partition coefficient (Wildman–Crippen LogP) is 1.59. The third kappa shape index (κ3) is 5.22. The van der Waals surface area contributed by atoms with Crippen LogP contribution in [-0.4, -0.2) is 44.1 Å². The molecule has 1 aromatic heterocycles. The van der Waals surface area contributed by atoms with Crippen LogP contribution in [0.2, 0.25) is 0 Å². The number of carbonyl (C=O) groups is 1. The van der Waals surface area contributed by atoms with Crippen LogP contribution in [0.15, 0.2) is 10.3 Å². The first-order valence-corrected chi connectivity index (χ1v) is 7.10. The summed E-state index contributed by atoms with van der Waals surface area (Å²) >= 11 is 3.00. The summed E-state index contributed by atoms with van der Waals surface area (Å²) in [7, 11) is 0. The summed E-state index contributed by atoms with van der Waals surface area (Å²) < 4.78 is 0. The molecule has 1 aromatic rings. The molecule has 0 aliphatic rings. The van der Waals surface area contributed by atoms with Crippen molar-refractivity contribution in [2.75, 3.05) is 23.4 Å². The van der Waals surface area contributed by atoms with Crippen molar-refractivity contribution in [3.63, 3.8) is 0 Å². The van der Waals surface area contributed by atoms with Gasteiger partial charge < -0.3 is 10.4 Å². The van der Waals surface area contributed by atoms with Crippen LogP contribution in [0.25, 0.3) is 0 Å². The number of nitrogens with one attached hydrogen (secondary N) is 1. The summed E-state index contributed by atoms with van der Waals surface area (Å²) in [4.78, 5) is 23.0. The molecule has 1 rings (SSSR count). The molecule has 17 heavy (non-hydrogen) atoms. The molecule has 8 heteroatoms. The molecule has 0 spiro atoms. The van der Waals surface area contributed by atoms with E-state index in [2.05, 4.69) is 20.3 Å². The lowest BCUT2D eigenvalue weighted by molar-refractivity contribution is -0.134. The first-order valence-electron chi connectivity index (χ1n) is 5.13. The Labute approximate surface area is 108 Å². The van der Waals surface area contributed by atoms with Crippen molar-refractivity contribution >= 4 is 35.4 Å². The molecular weight excluding hydrogens is 260 g/mol. The van der Waals surface area contributed by atoms with E-state index in [0.717, 1.165) is 11.5 Å². The Hall–Kier alpha value is -1.02. The molecule has 0 radical (unpaired) electrons. The number of nitrogens with zero attached hydrogens (tertiary/aromatic N) is 3. The van der Waals surface area contributed by atoms with Crippen molar-refractivity contribution in [1.29, 1.82) is 0 Å². The molecule has 94 valence electrons. The van der Waals surface area contributed by atoms with E-state index in [1.807, 2.05) is 13.8 Å². The van der Waals surface area contributed by atoms with Gasteiger partial charge in [0.15, 0.2) is 10.3 Å². The van der Waals surface area contributed by atoms with Gasteiger partial charge in [0.1, 0.15) is 6.54 Å². The van der Waals surface area contributed by atoms with Gasteiger partial charge in [-0.15, -0.1) is 0 Å². The smallest absolute Gasteiger partial charge is 0.322 e. The molecule has 0 aliphatic heterocycles. The van der Waals surface area contributed by atoms with E-state index in [1.165, 1.54) is 23.5 Å². The fourth-order valence-corrected chi connectivity index (χ4v) is 2.14. The van der Waals surface area contributed by atoms with E-state index in [1.54, 1.807) is 0 Å².